The van der Waals surface area contributed by atoms with E-state index in [0.29, 0.717) is 6.04 Å². The van der Waals surface area contributed by atoms with E-state index in [1.165, 1.54) is 35.6 Å². The summed E-state index contributed by atoms with van der Waals surface area (Å²) in [6.45, 7) is 13.5. The van der Waals surface area contributed by atoms with Crippen LogP contribution in [0.15, 0.2) is 6.20 Å². The summed E-state index contributed by atoms with van der Waals surface area (Å²) in [6, 6.07) is 0.696. The van der Waals surface area contributed by atoms with Crippen LogP contribution in [-0.2, 0) is 5.41 Å². The topological polar surface area (TPSA) is 24.9 Å². The van der Waals surface area contributed by atoms with Crippen LogP contribution in [0.1, 0.15) is 83.0 Å². The predicted octanol–water partition coefficient (Wildman–Crippen LogP) is 4.85. The van der Waals surface area contributed by atoms with Gasteiger partial charge in [-0.15, -0.1) is 11.3 Å². The zero-order valence-electron chi connectivity index (χ0n) is 13.9. The average Bonchev–Trinajstić information content (AvgIpc) is 2.76. The number of aromatic nitrogens is 1. The second-order valence-electron chi connectivity index (χ2n) is 8.26. The molecular weight excluding hydrogens is 264 g/mol. The molecule has 114 valence electrons. The summed E-state index contributed by atoms with van der Waals surface area (Å²) in [4.78, 5) is 6.15. The van der Waals surface area contributed by atoms with Gasteiger partial charge in [-0.25, -0.2) is 4.98 Å². The molecule has 1 saturated carbocycles. The van der Waals surface area contributed by atoms with E-state index < -0.39 is 0 Å². The Morgan fingerprint density at radius 2 is 1.65 bits per heavy atom. The monoisotopic (exact) mass is 294 g/mol. The normalized spacial score (nSPS) is 24.9. The van der Waals surface area contributed by atoms with Gasteiger partial charge in [0.25, 0.3) is 0 Å². The molecule has 0 spiro atoms. The van der Waals surface area contributed by atoms with Crippen LogP contribution in [0.3, 0.4) is 0 Å². The van der Waals surface area contributed by atoms with Crippen molar-refractivity contribution in [2.75, 3.05) is 0 Å². The molecule has 1 aromatic heterocycles. The molecule has 1 N–H and O–H groups in total. The molecule has 0 unspecified atom stereocenters. The van der Waals surface area contributed by atoms with Gasteiger partial charge in [-0.1, -0.05) is 20.8 Å². The third-order valence-corrected chi connectivity index (χ3v) is 5.52. The lowest BCUT2D eigenvalue weighted by molar-refractivity contribution is 0.281. The highest BCUT2D eigenvalue weighted by atomic mass is 32.1. The molecule has 2 rings (SSSR count). The van der Waals surface area contributed by atoms with Crippen molar-refractivity contribution >= 4 is 11.3 Å². The van der Waals surface area contributed by atoms with Crippen LogP contribution in [0.25, 0.3) is 0 Å². The van der Waals surface area contributed by atoms with E-state index in [9.17, 15) is 0 Å². The predicted molar refractivity (Wildman–Crippen MR) is 88.7 cm³/mol. The Labute approximate surface area is 128 Å². The van der Waals surface area contributed by atoms with Gasteiger partial charge in [-0.3, -0.25) is 0 Å². The molecule has 1 fully saturated rings. The first kappa shape index (κ1) is 16.0. The van der Waals surface area contributed by atoms with Crippen LogP contribution < -0.4 is 5.32 Å². The summed E-state index contributed by atoms with van der Waals surface area (Å²) in [5.74, 6) is 0.738. The Bertz CT molecular complexity index is 429. The van der Waals surface area contributed by atoms with Crippen molar-refractivity contribution in [3.05, 3.63) is 16.1 Å². The smallest absolute Gasteiger partial charge is 0.0981 e. The van der Waals surface area contributed by atoms with E-state index in [4.69, 9.17) is 0 Å². The van der Waals surface area contributed by atoms with Crippen LogP contribution in [0.5, 0.6) is 0 Å². The first-order valence-corrected chi connectivity index (χ1v) is 8.71. The summed E-state index contributed by atoms with van der Waals surface area (Å²) in [5, 5.41) is 5.03. The van der Waals surface area contributed by atoms with Crippen molar-refractivity contribution in [1.29, 1.82) is 0 Å². The van der Waals surface area contributed by atoms with E-state index in [1.54, 1.807) is 0 Å². The Kier molecular flexibility index (Phi) is 4.60. The fourth-order valence-corrected chi connectivity index (χ4v) is 4.10. The second kappa shape index (κ2) is 5.76. The molecule has 1 aliphatic rings. The zero-order chi connectivity index (χ0) is 15.0. The lowest BCUT2D eigenvalue weighted by atomic mass is 9.84. The maximum absolute atomic E-state index is 4.64. The minimum atomic E-state index is 0.188. The largest absolute Gasteiger partial charge is 0.309 e. The molecule has 0 amide bonds. The van der Waals surface area contributed by atoms with Gasteiger partial charge in [-0.05, 0) is 52.4 Å². The van der Waals surface area contributed by atoms with Gasteiger partial charge in [0.15, 0.2) is 0 Å². The molecule has 1 heterocycles. The minimum absolute atomic E-state index is 0.188. The Balaban J connectivity index is 1.92. The summed E-state index contributed by atoms with van der Waals surface area (Å²) in [5.41, 5.74) is 0.426. The van der Waals surface area contributed by atoms with Gasteiger partial charge in [0.05, 0.1) is 5.01 Å². The van der Waals surface area contributed by atoms with Crippen molar-refractivity contribution < 1.29 is 0 Å². The molecule has 1 aromatic rings. The van der Waals surface area contributed by atoms with Crippen molar-refractivity contribution in [2.45, 2.75) is 90.1 Å². The molecule has 0 aromatic carbocycles. The molecule has 0 aliphatic heterocycles. The third kappa shape index (κ3) is 4.29. The van der Waals surface area contributed by atoms with E-state index >= 15 is 0 Å². The molecule has 0 saturated heterocycles. The van der Waals surface area contributed by atoms with Crippen LogP contribution in [0.2, 0.25) is 0 Å². The minimum Gasteiger partial charge on any atom is -0.309 e. The molecule has 0 atom stereocenters. The maximum Gasteiger partial charge on any atom is 0.0981 e. The SMILES string of the molecule is CC(C)(C)N[C@H]1CC[C@H](c2cnc(C(C)(C)C)s2)CC1. The maximum atomic E-state index is 4.64. The molecule has 3 heteroatoms. The summed E-state index contributed by atoms with van der Waals surface area (Å²) < 4.78 is 0. The highest BCUT2D eigenvalue weighted by Crippen LogP contribution is 2.38. The van der Waals surface area contributed by atoms with Gasteiger partial charge >= 0.3 is 0 Å². The van der Waals surface area contributed by atoms with E-state index in [-0.39, 0.29) is 11.0 Å². The van der Waals surface area contributed by atoms with Gasteiger partial charge in [-0.2, -0.15) is 0 Å². The second-order valence-corrected chi connectivity index (χ2v) is 9.32. The van der Waals surface area contributed by atoms with Crippen molar-refractivity contribution in [3.63, 3.8) is 0 Å². The molecule has 2 nitrogen and oxygen atoms in total. The van der Waals surface area contributed by atoms with Crippen LogP contribution in [-0.4, -0.2) is 16.6 Å². The standard InChI is InChI=1S/C17H30N2S/c1-16(2,3)15-18-11-14(20-15)12-7-9-13(10-8-12)19-17(4,5)6/h11-13,19H,7-10H2,1-6H3/t12-,13-. The number of rotatable bonds is 2. The number of hydrogen-bond donors (Lipinski definition) is 1. The quantitative estimate of drug-likeness (QED) is 0.843. The Hall–Kier alpha value is -0.410. The number of hydrogen-bond acceptors (Lipinski definition) is 3. The van der Waals surface area contributed by atoms with Crippen molar-refractivity contribution in [2.24, 2.45) is 0 Å². The molecule has 0 radical (unpaired) electrons. The summed E-state index contributed by atoms with van der Waals surface area (Å²) in [7, 11) is 0. The van der Waals surface area contributed by atoms with E-state index in [2.05, 4.69) is 58.0 Å². The highest BCUT2D eigenvalue weighted by Gasteiger charge is 2.27. The van der Waals surface area contributed by atoms with Gasteiger partial charge in [0.2, 0.25) is 0 Å². The fraction of sp³-hybridized carbons (Fsp3) is 0.824. The number of nitrogens with one attached hydrogen (secondary N) is 1. The van der Waals surface area contributed by atoms with Crippen molar-refractivity contribution in [1.82, 2.24) is 10.3 Å². The zero-order valence-corrected chi connectivity index (χ0v) is 14.7. The van der Waals surface area contributed by atoms with Gasteiger partial charge < -0.3 is 5.32 Å². The summed E-state index contributed by atoms with van der Waals surface area (Å²) in [6.07, 6.45) is 7.34. The highest BCUT2D eigenvalue weighted by molar-refractivity contribution is 7.11. The van der Waals surface area contributed by atoms with Crippen LogP contribution in [0.4, 0.5) is 0 Å². The Morgan fingerprint density at radius 1 is 1.05 bits per heavy atom. The van der Waals surface area contributed by atoms with Crippen molar-refractivity contribution in [3.8, 4) is 0 Å². The molecular formula is C17H30N2S. The molecule has 0 bridgehead atoms. The number of thiazole rings is 1. The first-order chi connectivity index (χ1) is 9.15. The molecule has 1 aliphatic carbocycles. The summed E-state index contributed by atoms with van der Waals surface area (Å²) >= 11 is 1.93. The lowest BCUT2D eigenvalue weighted by Crippen LogP contribution is -2.44. The average molecular weight is 295 g/mol. The fourth-order valence-electron chi connectivity index (χ4n) is 2.96. The first-order valence-electron chi connectivity index (χ1n) is 7.89. The third-order valence-electron chi connectivity index (χ3n) is 3.93. The van der Waals surface area contributed by atoms with E-state index in [1.807, 2.05) is 11.3 Å². The Morgan fingerprint density at radius 3 is 2.10 bits per heavy atom. The van der Waals surface area contributed by atoms with Crippen LogP contribution in [0, 0.1) is 0 Å². The van der Waals surface area contributed by atoms with E-state index in [0.717, 1.165) is 5.92 Å². The molecule has 20 heavy (non-hydrogen) atoms. The number of nitrogens with zero attached hydrogens (tertiary/aromatic N) is 1. The lowest BCUT2D eigenvalue weighted by Gasteiger charge is -2.34. The van der Waals surface area contributed by atoms with Crippen LogP contribution >= 0.6 is 11.3 Å². The van der Waals surface area contributed by atoms with Gasteiger partial charge in [0.1, 0.15) is 0 Å². The van der Waals surface area contributed by atoms with Gasteiger partial charge in [0, 0.05) is 28.1 Å².